The zero-order valence-electron chi connectivity index (χ0n) is 31.3. The first kappa shape index (κ1) is 35.6. The number of rotatable bonds is 6. The van der Waals surface area contributed by atoms with Gasteiger partial charge in [0, 0.05) is 44.6 Å². The molecular formula is C52H35N5Pt. The number of hydrogen-bond acceptors (Lipinski definition) is 5. The van der Waals surface area contributed by atoms with Gasteiger partial charge in [-0.3, -0.25) is 14.9 Å². The Balaban J connectivity index is 0.00000408. The molecule has 0 unspecified atom stereocenters. The van der Waals surface area contributed by atoms with E-state index >= 15 is 0 Å². The largest absolute Gasteiger partial charge is 0.278 e. The van der Waals surface area contributed by atoms with E-state index in [1.54, 1.807) is 0 Å². The van der Waals surface area contributed by atoms with Gasteiger partial charge in [0.2, 0.25) is 0 Å². The van der Waals surface area contributed by atoms with E-state index in [0.29, 0.717) is 0 Å². The molecule has 0 bridgehead atoms. The number of anilines is 3. The normalized spacial score (nSPS) is 14.0. The van der Waals surface area contributed by atoms with Crippen molar-refractivity contribution in [3.8, 4) is 22.8 Å². The van der Waals surface area contributed by atoms with E-state index in [1.165, 1.54) is 0 Å². The molecule has 11 rings (SSSR count). The minimum absolute atomic E-state index is 0. The third-order valence-electron chi connectivity index (χ3n) is 11.7. The number of aromatic nitrogens is 4. The van der Waals surface area contributed by atoms with Gasteiger partial charge in [-0.2, -0.15) is 0 Å². The molecule has 0 N–H and O–H groups in total. The fourth-order valence-corrected chi connectivity index (χ4v) is 9.46. The van der Waals surface area contributed by atoms with E-state index < -0.39 is 10.8 Å². The maximum absolute atomic E-state index is 5.66. The molecule has 6 heteroatoms. The molecule has 9 aromatic rings. The van der Waals surface area contributed by atoms with Gasteiger partial charge in [-0.25, -0.2) is 9.97 Å². The topological polar surface area (TPSA) is 54.8 Å². The van der Waals surface area contributed by atoms with Gasteiger partial charge in [-0.1, -0.05) is 164 Å². The summed E-state index contributed by atoms with van der Waals surface area (Å²) >= 11 is 0. The van der Waals surface area contributed by atoms with Crippen molar-refractivity contribution in [2.24, 2.45) is 0 Å². The van der Waals surface area contributed by atoms with Gasteiger partial charge >= 0.3 is 0 Å². The second-order valence-electron chi connectivity index (χ2n) is 14.6. The molecular weight excluding hydrogens is 890 g/mol. The summed E-state index contributed by atoms with van der Waals surface area (Å²) in [5.41, 5.74) is 11.8. The minimum atomic E-state index is -0.745. The van der Waals surface area contributed by atoms with Crippen LogP contribution in [0.25, 0.3) is 22.8 Å². The quantitative estimate of drug-likeness (QED) is 0.166. The number of benzene rings is 5. The summed E-state index contributed by atoms with van der Waals surface area (Å²) in [7, 11) is 0. The number of fused-ring (bicyclic) bond motifs is 4. The summed E-state index contributed by atoms with van der Waals surface area (Å²) in [6, 6.07) is 71.2. The first-order chi connectivity index (χ1) is 28.3. The molecule has 2 aliphatic heterocycles. The fraction of sp³-hybridized carbons (Fsp3) is 0.0385. The molecule has 0 aliphatic carbocycles. The second-order valence-corrected chi connectivity index (χ2v) is 14.6. The molecule has 0 saturated carbocycles. The summed E-state index contributed by atoms with van der Waals surface area (Å²) in [5.74, 6) is 1.62. The van der Waals surface area contributed by atoms with Crippen molar-refractivity contribution in [3.63, 3.8) is 0 Å². The summed E-state index contributed by atoms with van der Waals surface area (Å²) in [5, 5.41) is 0. The predicted octanol–water partition coefficient (Wildman–Crippen LogP) is 11.5. The van der Waals surface area contributed by atoms with Crippen LogP contribution in [0.5, 0.6) is 0 Å². The van der Waals surface area contributed by atoms with Crippen molar-refractivity contribution in [2.45, 2.75) is 10.8 Å². The molecule has 278 valence electrons. The van der Waals surface area contributed by atoms with Crippen molar-refractivity contribution in [1.29, 1.82) is 0 Å². The van der Waals surface area contributed by atoms with Crippen LogP contribution in [0.1, 0.15) is 44.5 Å². The molecule has 0 atom stereocenters. The Morgan fingerprint density at radius 2 is 0.672 bits per heavy atom. The molecule has 0 amide bonds. The zero-order valence-corrected chi connectivity index (χ0v) is 33.5. The molecule has 5 aromatic carbocycles. The van der Waals surface area contributed by atoms with Crippen LogP contribution in [0.2, 0.25) is 0 Å². The Labute approximate surface area is 352 Å². The summed E-state index contributed by atoms with van der Waals surface area (Å²) in [6.45, 7) is 0. The van der Waals surface area contributed by atoms with Crippen LogP contribution in [-0.4, -0.2) is 19.9 Å². The Morgan fingerprint density at radius 1 is 0.310 bits per heavy atom. The zero-order chi connectivity index (χ0) is 37.8. The number of hydrogen-bond donors (Lipinski definition) is 0. The molecule has 5 nitrogen and oxygen atoms in total. The monoisotopic (exact) mass is 924 g/mol. The summed E-state index contributed by atoms with van der Waals surface area (Å²) in [4.78, 5) is 23.2. The smallest absolute Gasteiger partial charge is 0.144 e. The van der Waals surface area contributed by atoms with Gasteiger partial charge in [0.15, 0.2) is 0 Å². The Kier molecular flexibility index (Phi) is 8.77. The number of nitrogens with zero attached hydrogens (tertiary/aromatic N) is 5. The minimum Gasteiger partial charge on any atom is -0.278 e. The molecule has 6 heterocycles. The van der Waals surface area contributed by atoms with Crippen molar-refractivity contribution in [2.75, 3.05) is 4.90 Å². The van der Waals surface area contributed by atoms with Gasteiger partial charge in [-0.05, 0) is 69.8 Å². The molecule has 0 fully saturated rings. The fourth-order valence-electron chi connectivity index (χ4n) is 9.46. The summed E-state index contributed by atoms with van der Waals surface area (Å²) < 4.78 is 0. The first-order valence-electron chi connectivity index (χ1n) is 19.3. The molecule has 2 aliphatic rings. The van der Waals surface area contributed by atoms with Crippen LogP contribution < -0.4 is 4.90 Å². The van der Waals surface area contributed by atoms with E-state index in [2.05, 4.69) is 169 Å². The van der Waals surface area contributed by atoms with Crippen molar-refractivity contribution in [1.82, 2.24) is 19.9 Å². The van der Waals surface area contributed by atoms with Crippen LogP contribution in [-0.2, 0) is 31.9 Å². The van der Waals surface area contributed by atoms with E-state index in [0.717, 1.165) is 84.6 Å². The number of para-hydroxylation sites is 1. The molecule has 0 spiro atoms. The maximum Gasteiger partial charge on any atom is 0.144 e. The third-order valence-corrected chi connectivity index (χ3v) is 11.7. The van der Waals surface area contributed by atoms with Gasteiger partial charge in [-0.15, -0.1) is 0 Å². The molecule has 0 saturated heterocycles. The Bertz CT molecular complexity index is 2620. The number of pyridine rings is 4. The average molecular weight is 925 g/mol. The van der Waals surface area contributed by atoms with E-state index in [-0.39, 0.29) is 21.1 Å². The summed E-state index contributed by atoms with van der Waals surface area (Å²) in [6.07, 6.45) is 3.65. The SMILES string of the molecule is [Pt].c1ccc(C2(c3ccccc3)c3ccc(-c4ccccn4)nc3N3c4nc(-c5ccccn5)ccc4C(c4ccccc4)(c4ccccc4)c4cccc2c43)cc1. The maximum atomic E-state index is 5.66. The van der Waals surface area contributed by atoms with Gasteiger partial charge in [0.1, 0.15) is 11.6 Å². The Hall–Kier alpha value is -6.81. The van der Waals surface area contributed by atoms with Crippen LogP contribution in [0.3, 0.4) is 0 Å². The van der Waals surface area contributed by atoms with Crippen molar-refractivity contribution in [3.05, 3.63) is 257 Å². The van der Waals surface area contributed by atoms with E-state index in [4.69, 9.17) is 19.9 Å². The van der Waals surface area contributed by atoms with E-state index in [9.17, 15) is 0 Å². The van der Waals surface area contributed by atoms with Crippen LogP contribution >= 0.6 is 0 Å². The van der Waals surface area contributed by atoms with Gasteiger partial charge < -0.3 is 0 Å². The first-order valence-corrected chi connectivity index (χ1v) is 19.3. The molecule has 58 heavy (non-hydrogen) atoms. The standard InChI is InChI=1S/C52H35N5.Pt/c1-5-18-36(19-6-1)51(37-20-7-2-8-21-37)40-26-17-27-41-48(40)57(49-42(51)30-32-46(55-49)44-28-13-15-34-53-44)50-43(31-33-47(56-50)45-29-14-16-35-54-45)52(41,38-22-9-3-10-23-38)39-24-11-4-12-25-39;/h1-35H;. The Morgan fingerprint density at radius 3 is 1.02 bits per heavy atom. The predicted molar refractivity (Wildman–Crippen MR) is 227 cm³/mol. The van der Waals surface area contributed by atoms with Crippen LogP contribution in [0.15, 0.2) is 213 Å². The molecule has 0 radical (unpaired) electrons. The van der Waals surface area contributed by atoms with Crippen LogP contribution in [0.4, 0.5) is 17.3 Å². The second kappa shape index (κ2) is 14.3. The van der Waals surface area contributed by atoms with Crippen molar-refractivity contribution >= 4 is 17.3 Å². The molecule has 4 aromatic heterocycles. The van der Waals surface area contributed by atoms with Crippen LogP contribution in [0, 0.1) is 0 Å². The third kappa shape index (κ3) is 5.13. The van der Waals surface area contributed by atoms with Gasteiger partial charge in [0.05, 0.1) is 39.3 Å². The van der Waals surface area contributed by atoms with E-state index in [1.807, 2.05) is 48.8 Å². The average Bonchev–Trinajstić information content (AvgIpc) is 3.30. The van der Waals surface area contributed by atoms with Crippen molar-refractivity contribution < 1.29 is 21.1 Å². The van der Waals surface area contributed by atoms with Gasteiger partial charge in [0.25, 0.3) is 0 Å².